The highest BCUT2D eigenvalue weighted by Crippen LogP contribution is 2.23. The van der Waals surface area contributed by atoms with Crippen LogP contribution in [0, 0.1) is 0 Å². The van der Waals surface area contributed by atoms with Gasteiger partial charge in [0.2, 0.25) is 0 Å². The maximum absolute atomic E-state index is 12.3. The lowest BCUT2D eigenvalue weighted by molar-refractivity contribution is 0.102. The Kier molecular flexibility index (Phi) is 4.68. The van der Waals surface area contributed by atoms with E-state index in [1.807, 2.05) is 48.5 Å². The lowest BCUT2D eigenvalue weighted by Crippen LogP contribution is -2.13. The molecule has 0 atom stereocenters. The molecule has 2 aromatic carbocycles. The minimum atomic E-state index is -0.179. The molecule has 0 saturated heterocycles. The molecule has 2 N–H and O–H groups in total. The lowest BCUT2D eigenvalue weighted by Gasteiger charge is -2.12. The maximum atomic E-state index is 12.3. The number of hydrogen-bond donors (Lipinski definition) is 2. The van der Waals surface area contributed by atoms with E-state index in [1.54, 1.807) is 24.4 Å². The fourth-order valence-electron chi connectivity index (χ4n) is 2.06. The second-order valence-corrected chi connectivity index (χ2v) is 5.77. The highest BCUT2D eigenvalue weighted by atomic mass is 79.9. The molecule has 1 heterocycles. The molecule has 114 valence electrons. The fourth-order valence-corrected chi connectivity index (χ4v) is 2.32. The number of pyridine rings is 1. The number of hydrogen-bond acceptors (Lipinski definition) is 3. The quantitative estimate of drug-likeness (QED) is 0.693. The molecule has 0 fully saturated rings. The number of carbonyl (C=O) groups excluding carboxylic acids is 1. The van der Waals surface area contributed by atoms with Gasteiger partial charge in [-0.1, -0.05) is 34.1 Å². The molecule has 0 aliphatic heterocycles. The zero-order valence-electron chi connectivity index (χ0n) is 12.2. The molecule has 0 aliphatic rings. The third-order valence-electron chi connectivity index (χ3n) is 3.20. The summed E-state index contributed by atoms with van der Waals surface area (Å²) in [5, 5.41) is 6.09. The Balaban J connectivity index is 1.80. The minimum Gasteiger partial charge on any atom is -0.339 e. The molecule has 0 aliphatic carbocycles. The molecular weight excluding hydrogens is 354 g/mol. The van der Waals surface area contributed by atoms with E-state index in [0.717, 1.165) is 10.2 Å². The van der Waals surface area contributed by atoms with Crippen LogP contribution >= 0.6 is 15.9 Å². The second-order valence-electron chi connectivity index (χ2n) is 4.85. The topological polar surface area (TPSA) is 54.0 Å². The van der Waals surface area contributed by atoms with Gasteiger partial charge < -0.3 is 10.6 Å². The molecule has 23 heavy (non-hydrogen) atoms. The van der Waals surface area contributed by atoms with Crippen molar-refractivity contribution >= 4 is 39.0 Å². The van der Waals surface area contributed by atoms with Gasteiger partial charge in [0.25, 0.3) is 5.91 Å². The van der Waals surface area contributed by atoms with E-state index >= 15 is 0 Å². The van der Waals surface area contributed by atoms with E-state index in [0.29, 0.717) is 17.1 Å². The van der Waals surface area contributed by atoms with Crippen LogP contribution in [0.2, 0.25) is 0 Å². The van der Waals surface area contributed by atoms with Gasteiger partial charge in [-0.2, -0.15) is 0 Å². The first-order valence-electron chi connectivity index (χ1n) is 7.06. The normalized spacial score (nSPS) is 10.1. The summed E-state index contributed by atoms with van der Waals surface area (Å²) in [5.74, 6) is 0.422. The first-order chi connectivity index (χ1) is 11.2. The van der Waals surface area contributed by atoms with Crippen LogP contribution in [0.1, 0.15) is 10.4 Å². The summed E-state index contributed by atoms with van der Waals surface area (Å²) >= 11 is 3.36. The van der Waals surface area contributed by atoms with Crippen molar-refractivity contribution in [1.29, 1.82) is 0 Å². The predicted molar refractivity (Wildman–Crippen MR) is 96.1 cm³/mol. The number of anilines is 3. The largest absolute Gasteiger partial charge is 0.339 e. The molecule has 0 spiro atoms. The van der Waals surface area contributed by atoms with Gasteiger partial charge in [0.1, 0.15) is 0 Å². The highest BCUT2D eigenvalue weighted by molar-refractivity contribution is 9.10. The first-order valence-corrected chi connectivity index (χ1v) is 7.86. The van der Waals surface area contributed by atoms with Crippen LogP contribution < -0.4 is 10.6 Å². The Bertz CT molecular complexity index is 804. The number of aromatic nitrogens is 1. The van der Waals surface area contributed by atoms with Crippen LogP contribution in [0.5, 0.6) is 0 Å². The number of nitrogens with one attached hydrogen (secondary N) is 2. The summed E-state index contributed by atoms with van der Waals surface area (Å²) in [6.07, 6.45) is 1.68. The average molecular weight is 368 g/mol. The van der Waals surface area contributed by atoms with Gasteiger partial charge in [-0.05, 0) is 48.5 Å². The molecule has 1 amide bonds. The number of para-hydroxylation sites is 1. The van der Waals surface area contributed by atoms with E-state index in [1.165, 1.54) is 0 Å². The predicted octanol–water partition coefficient (Wildman–Crippen LogP) is 4.84. The van der Waals surface area contributed by atoms with E-state index in [2.05, 4.69) is 31.5 Å². The Morgan fingerprint density at radius 3 is 2.39 bits per heavy atom. The second kappa shape index (κ2) is 7.07. The van der Waals surface area contributed by atoms with Crippen molar-refractivity contribution in [3.63, 3.8) is 0 Å². The molecule has 0 bridgehead atoms. The zero-order chi connectivity index (χ0) is 16.1. The van der Waals surface area contributed by atoms with E-state index in [9.17, 15) is 4.79 Å². The van der Waals surface area contributed by atoms with Crippen molar-refractivity contribution < 1.29 is 4.79 Å². The minimum absolute atomic E-state index is 0.179. The number of benzene rings is 2. The molecule has 1 aromatic heterocycles. The van der Waals surface area contributed by atoms with Crippen LogP contribution in [-0.4, -0.2) is 10.9 Å². The van der Waals surface area contributed by atoms with Crippen molar-refractivity contribution in [2.45, 2.75) is 0 Å². The van der Waals surface area contributed by atoms with Gasteiger partial charge in [0.05, 0.1) is 5.69 Å². The van der Waals surface area contributed by atoms with Gasteiger partial charge in [-0.25, -0.2) is 4.98 Å². The van der Waals surface area contributed by atoms with Crippen molar-refractivity contribution in [1.82, 2.24) is 4.98 Å². The summed E-state index contributed by atoms with van der Waals surface area (Å²) < 4.78 is 0.932. The molecule has 0 saturated carbocycles. The zero-order valence-corrected chi connectivity index (χ0v) is 13.7. The monoisotopic (exact) mass is 367 g/mol. The van der Waals surface area contributed by atoms with Gasteiger partial charge in [0.15, 0.2) is 5.82 Å². The number of amides is 1. The molecule has 5 heteroatoms. The van der Waals surface area contributed by atoms with Crippen molar-refractivity contribution in [3.8, 4) is 0 Å². The Morgan fingerprint density at radius 2 is 1.65 bits per heavy atom. The Labute approximate surface area is 142 Å². The van der Waals surface area contributed by atoms with Crippen molar-refractivity contribution in [3.05, 3.63) is 83.0 Å². The van der Waals surface area contributed by atoms with E-state index < -0.39 is 0 Å². The summed E-state index contributed by atoms with van der Waals surface area (Å²) in [7, 11) is 0. The standard InChI is InChI=1S/C18H14BrN3O/c19-14-10-8-13(9-11-14)18(23)22-16-7-4-12-20-17(16)21-15-5-2-1-3-6-15/h1-12H,(H,20,21)(H,22,23). The third-order valence-corrected chi connectivity index (χ3v) is 3.73. The highest BCUT2D eigenvalue weighted by Gasteiger charge is 2.10. The summed E-state index contributed by atoms with van der Waals surface area (Å²) in [6.45, 7) is 0. The molecule has 0 unspecified atom stereocenters. The average Bonchev–Trinajstić information content (AvgIpc) is 2.58. The Hall–Kier alpha value is -2.66. The van der Waals surface area contributed by atoms with Gasteiger partial charge in [-0.15, -0.1) is 0 Å². The SMILES string of the molecule is O=C(Nc1cccnc1Nc1ccccc1)c1ccc(Br)cc1. The van der Waals surface area contributed by atoms with E-state index in [-0.39, 0.29) is 5.91 Å². The van der Waals surface area contributed by atoms with Gasteiger partial charge >= 0.3 is 0 Å². The van der Waals surface area contributed by atoms with Crippen LogP contribution in [-0.2, 0) is 0 Å². The molecule has 4 nitrogen and oxygen atoms in total. The molecule has 3 aromatic rings. The molecular formula is C18H14BrN3O. The molecule has 0 radical (unpaired) electrons. The Morgan fingerprint density at radius 1 is 0.913 bits per heavy atom. The van der Waals surface area contributed by atoms with Crippen LogP contribution in [0.3, 0.4) is 0 Å². The van der Waals surface area contributed by atoms with Gasteiger partial charge in [-0.3, -0.25) is 4.79 Å². The number of carbonyl (C=O) groups is 1. The maximum Gasteiger partial charge on any atom is 0.255 e. The van der Waals surface area contributed by atoms with E-state index in [4.69, 9.17) is 0 Å². The lowest BCUT2D eigenvalue weighted by atomic mass is 10.2. The molecule has 3 rings (SSSR count). The first kappa shape index (κ1) is 15.2. The van der Waals surface area contributed by atoms with Crippen LogP contribution in [0.4, 0.5) is 17.2 Å². The smallest absolute Gasteiger partial charge is 0.255 e. The van der Waals surface area contributed by atoms with Crippen molar-refractivity contribution in [2.75, 3.05) is 10.6 Å². The summed E-state index contributed by atoms with van der Waals surface area (Å²) in [6, 6.07) is 20.5. The summed E-state index contributed by atoms with van der Waals surface area (Å²) in [4.78, 5) is 16.6. The fraction of sp³-hybridized carbons (Fsp3) is 0. The third kappa shape index (κ3) is 3.96. The van der Waals surface area contributed by atoms with Crippen LogP contribution in [0.25, 0.3) is 0 Å². The van der Waals surface area contributed by atoms with Crippen molar-refractivity contribution in [2.24, 2.45) is 0 Å². The number of halogens is 1. The number of rotatable bonds is 4. The number of nitrogens with zero attached hydrogens (tertiary/aromatic N) is 1. The summed E-state index contributed by atoms with van der Waals surface area (Å²) in [5.41, 5.74) is 2.12. The van der Waals surface area contributed by atoms with Crippen LogP contribution in [0.15, 0.2) is 77.4 Å². The van der Waals surface area contributed by atoms with Gasteiger partial charge in [0, 0.05) is 21.9 Å².